The summed E-state index contributed by atoms with van der Waals surface area (Å²) in [5.74, 6) is 0.624. The number of pyridine rings is 1. The number of nitrogens with zero attached hydrogens (tertiary/aromatic N) is 2. The molecule has 30 heavy (non-hydrogen) atoms. The molecule has 4 aromatic heterocycles. The molecule has 6 heteroatoms. The lowest BCUT2D eigenvalue weighted by Crippen LogP contribution is -2.26. The lowest BCUT2D eigenvalue weighted by Gasteiger charge is -2.23. The Morgan fingerprint density at radius 3 is 2.63 bits per heavy atom. The van der Waals surface area contributed by atoms with Gasteiger partial charge in [-0.2, -0.15) is 5.10 Å². The summed E-state index contributed by atoms with van der Waals surface area (Å²) >= 11 is 1.78. The Morgan fingerprint density at radius 1 is 0.933 bits per heavy atom. The normalized spacial score (nSPS) is 15.4. The van der Waals surface area contributed by atoms with Crippen LogP contribution in [0.2, 0.25) is 0 Å². The molecule has 0 radical (unpaired) electrons. The first kappa shape index (κ1) is 17.9. The Hall–Kier alpha value is -2.96. The number of hydrogen-bond acceptors (Lipinski definition) is 4. The highest BCUT2D eigenvalue weighted by atomic mass is 32.1. The third-order valence-electron chi connectivity index (χ3n) is 6.17. The number of fused-ring (bicyclic) bond motifs is 2. The van der Waals surface area contributed by atoms with E-state index in [1.807, 2.05) is 12.3 Å². The third kappa shape index (κ3) is 2.95. The molecule has 1 aliphatic rings. The van der Waals surface area contributed by atoms with Crippen molar-refractivity contribution < 1.29 is 0 Å². The fraction of sp³-hybridized carbons (Fsp3) is 0.250. The second-order valence-electron chi connectivity index (χ2n) is 8.12. The van der Waals surface area contributed by atoms with E-state index in [1.165, 1.54) is 33.5 Å². The molecule has 5 aromatic rings. The number of H-pyrrole nitrogens is 2. The second kappa shape index (κ2) is 7.07. The Kier molecular flexibility index (Phi) is 4.21. The fourth-order valence-corrected chi connectivity index (χ4v) is 5.46. The molecule has 1 fully saturated rings. The average molecular weight is 414 g/mol. The van der Waals surface area contributed by atoms with Crippen molar-refractivity contribution in [2.24, 2.45) is 0 Å². The SMILES string of the molecule is Cc1ccc(-c2nccc3[nH]c(-c4n[nH]c5ccc(C6CCNCC6)cc45)cc23)s1. The van der Waals surface area contributed by atoms with Crippen LogP contribution in [0.3, 0.4) is 0 Å². The van der Waals surface area contributed by atoms with Gasteiger partial charge in [-0.25, -0.2) is 0 Å². The molecule has 1 aromatic carbocycles. The van der Waals surface area contributed by atoms with Gasteiger partial charge < -0.3 is 10.3 Å². The van der Waals surface area contributed by atoms with Crippen molar-refractivity contribution in [2.75, 3.05) is 13.1 Å². The Bertz CT molecular complexity index is 1350. The Labute approximate surface area is 178 Å². The van der Waals surface area contributed by atoms with Crippen LogP contribution in [0.1, 0.15) is 29.2 Å². The van der Waals surface area contributed by atoms with Gasteiger partial charge in [0.2, 0.25) is 0 Å². The van der Waals surface area contributed by atoms with Crippen LogP contribution in [0.25, 0.3) is 43.8 Å². The van der Waals surface area contributed by atoms with Gasteiger partial charge in [0.25, 0.3) is 0 Å². The summed E-state index contributed by atoms with van der Waals surface area (Å²) in [7, 11) is 0. The van der Waals surface area contributed by atoms with Gasteiger partial charge in [-0.05, 0) is 80.7 Å². The van der Waals surface area contributed by atoms with Crippen molar-refractivity contribution in [3.05, 3.63) is 59.1 Å². The first-order valence-electron chi connectivity index (χ1n) is 10.5. The topological polar surface area (TPSA) is 69.4 Å². The highest BCUT2D eigenvalue weighted by molar-refractivity contribution is 7.15. The monoisotopic (exact) mass is 413 g/mol. The zero-order valence-corrected chi connectivity index (χ0v) is 17.6. The largest absolute Gasteiger partial charge is 0.353 e. The minimum atomic E-state index is 0.624. The molecule has 1 saturated heterocycles. The summed E-state index contributed by atoms with van der Waals surface area (Å²) in [6, 6.07) is 15.3. The van der Waals surface area contributed by atoms with Crippen LogP contribution < -0.4 is 5.32 Å². The van der Waals surface area contributed by atoms with Crippen molar-refractivity contribution in [3.63, 3.8) is 0 Å². The maximum atomic E-state index is 4.68. The molecule has 0 amide bonds. The van der Waals surface area contributed by atoms with Crippen molar-refractivity contribution in [2.45, 2.75) is 25.7 Å². The second-order valence-corrected chi connectivity index (χ2v) is 9.40. The van der Waals surface area contributed by atoms with Gasteiger partial charge in [-0.15, -0.1) is 11.3 Å². The molecule has 0 spiro atoms. The van der Waals surface area contributed by atoms with E-state index < -0.39 is 0 Å². The van der Waals surface area contributed by atoms with E-state index in [2.05, 4.69) is 68.8 Å². The first-order valence-corrected chi connectivity index (χ1v) is 11.3. The number of aryl methyl sites for hydroxylation is 1. The zero-order chi connectivity index (χ0) is 20.1. The number of benzene rings is 1. The number of hydrogen-bond donors (Lipinski definition) is 3. The van der Waals surface area contributed by atoms with E-state index in [4.69, 9.17) is 0 Å². The van der Waals surface area contributed by atoms with E-state index >= 15 is 0 Å². The van der Waals surface area contributed by atoms with Gasteiger partial charge in [-0.3, -0.25) is 10.1 Å². The number of aromatic amines is 2. The average Bonchev–Trinajstić information content (AvgIpc) is 3.51. The van der Waals surface area contributed by atoms with Crippen molar-refractivity contribution in [3.8, 4) is 22.0 Å². The molecule has 5 heterocycles. The smallest absolute Gasteiger partial charge is 0.116 e. The number of piperidine rings is 1. The maximum Gasteiger partial charge on any atom is 0.116 e. The van der Waals surface area contributed by atoms with Crippen LogP contribution in [0.5, 0.6) is 0 Å². The number of thiophene rings is 1. The van der Waals surface area contributed by atoms with E-state index in [0.29, 0.717) is 5.92 Å². The van der Waals surface area contributed by atoms with E-state index in [-0.39, 0.29) is 0 Å². The highest BCUT2D eigenvalue weighted by Crippen LogP contribution is 2.36. The van der Waals surface area contributed by atoms with Gasteiger partial charge in [0.15, 0.2) is 0 Å². The lowest BCUT2D eigenvalue weighted by atomic mass is 9.89. The standard InChI is InChI=1S/C24H23N5S/c1-14-2-5-22(30-14)24-18-13-21(27-19(18)8-11-26-24)23-17-12-16(3-4-20(17)28-29-23)15-6-9-25-10-7-15/h2-5,8,11-13,15,25,27H,6-7,9-10H2,1H3,(H,28,29). The van der Waals surface area contributed by atoms with Crippen LogP contribution in [0, 0.1) is 6.92 Å². The summed E-state index contributed by atoms with van der Waals surface area (Å²) in [5.41, 5.74) is 6.62. The van der Waals surface area contributed by atoms with Crippen LogP contribution >= 0.6 is 11.3 Å². The molecule has 0 unspecified atom stereocenters. The molecule has 0 saturated carbocycles. The van der Waals surface area contributed by atoms with Gasteiger partial charge in [0.05, 0.1) is 21.8 Å². The number of nitrogens with one attached hydrogen (secondary N) is 3. The van der Waals surface area contributed by atoms with Crippen LogP contribution in [-0.2, 0) is 0 Å². The molecule has 0 atom stereocenters. The third-order valence-corrected chi connectivity index (χ3v) is 7.18. The molecule has 3 N–H and O–H groups in total. The molecule has 0 aliphatic carbocycles. The zero-order valence-electron chi connectivity index (χ0n) is 16.8. The molecular weight excluding hydrogens is 390 g/mol. The lowest BCUT2D eigenvalue weighted by molar-refractivity contribution is 0.460. The molecule has 1 aliphatic heterocycles. The maximum absolute atomic E-state index is 4.68. The minimum absolute atomic E-state index is 0.624. The molecule has 0 bridgehead atoms. The van der Waals surface area contributed by atoms with Crippen LogP contribution in [-0.4, -0.2) is 33.3 Å². The molecule has 6 rings (SSSR count). The van der Waals surface area contributed by atoms with E-state index in [1.54, 1.807) is 11.3 Å². The summed E-state index contributed by atoms with van der Waals surface area (Å²) in [4.78, 5) is 10.7. The van der Waals surface area contributed by atoms with Crippen molar-refractivity contribution in [1.82, 2.24) is 25.5 Å². The van der Waals surface area contributed by atoms with Gasteiger partial charge in [0.1, 0.15) is 5.69 Å². The van der Waals surface area contributed by atoms with E-state index in [9.17, 15) is 0 Å². The van der Waals surface area contributed by atoms with Gasteiger partial charge in [-0.1, -0.05) is 6.07 Å². The summed E-state index contributed by atoms with van der Waals surface area (Å²) in [5, 5.41) is 13.7. The summed E-state index contributed by atoms with van der Waals surface area (Å²) in [6.45, 7) is 4.33. The summed E-state index contributed by atoms with van der Waals surface area (Å²) < 4.78 is 0. The predicted octanol–water partition coefficient (Wildman–Crippen LogP) is 5.61. The van der Waals surface area contributed by atoms with Gasteiger partial charge >= 0.3 is 0 Å². The molecule has 150 valence electrons. The fourth-order valence-electron chi connectivity index (χ4n) is 4.59. The highest BCUT2D eigenvalue weighted by Gasteiger charge is 2.18. The van der Waals surface area contributed by atoms with Crippen LogP contribution in [0.15, 0.2) is 48.7 Å². The molecule has 5 nitrogen and oxygen atoms in total. The van der Waals surface area contributed by atoms with Gasteiger partial charge in [0, 0.05) is 27.4 Å². The Morgan fingerprint density at radius 2 is 1.80 bits per heavy atom. The quantitative estimate of drug-likeness (QED) is 0.360. The number of aromatic nitrogens is 4. The van der Waals surface area contributed by atoms with Crippen molar-refractivity contribution >= 4 is 33.1 Å². The molecular formula is C24H23N5S. The van der Waals surface area contributed by atoms with Crippen LogP contribution in [0.4, 0.5) is 0 Å². The van der Waals surface area contributed by atoms with Crippen molar-refractivity contribution in [1.29, 1.82) is 0 Å². The Balaban J connectivity index is 1.47. The van der Waals surface area contributed by atoms with E-state index in [0.717, 1.165) is 46.6 Å². The summed E-state index contributed by atoms with van der Waals surface area (Å²) in [6.07, 6.45) is 4.27. The predicted molar refractivity (Wildman–Crippen MR) is 124 cm³/mol. The first-order chi connectivity index (χ1) is 14.8. The minimum Gasteiger partial charge on any atom is -0.353 e. The number of rotatable bonds is 3.